The first-order valence-corrected chi connectivity index (χ1v) is 9.91. The molecule has 0 bridgehead atoms. The summed E-state index contributed by atoms with van der Waals surface area (Å²) in [5.41, 5.74) is 0. The highest BCUT2D eigenvalue weighted by molar-refractivity contribution is 9.10. The fourth-order valence-corrected chi connectivity index (χ4v) is 3.12. The molecule has 1 atom stereocenters. The Hall–Kier alpha value is -1.76. The summed E-state index contributed by atoms with van der Waals surface area (Å²) >= 11 is 3.49. The Morgan fingerprint density at radius 1 is 1.35 bits per heavy atom. The highest BCUT2D eigenvalue weighted by Gasteiger charge is 2.17. The number of hydrogen-bond donors (Lipinski definition) is 2. The van der Waals surface area contributed by atoms with E-state index in [4.69, 9.17) is 4.74 Å². The van der Waals surface area contributed by atoms with Crippen LogP contribution in [-0.2, 0) is 4.79 Å². The third kappa shape index (κ3) is 6.86. The molecule has 1 saturated carbocycles. The Morgan fingerprint density at radius 2 is 2.04 bits per heavy atom. The van der Waals surface area contributed by atoms with Gasteiger partial charge in [-0.25, -0.2) is 4.99 Å². The van der Waals surface area contributed by atoms with Crippen LogP contribution in [0.5, 0.6) is 5.75 Å². The second-order valence-electron chi connectivity index (χ2n) is 6.82. The first-order valence-electron chi connectivity index (χ1n) is 9.12. The third-order valence-corrected chi connectivity index (χ3v) is 4.94. The summed E-state index contributed by atoms with van der Waals surface area (Å²) in [4.78, 5) is 17.8. The smallest absolute Gasteiger partial charge is 0.243 e. The Bertz CT molecular complexity index is 615. The van der Waals surface area contributed by atoms with Crippen LogP contribution in [0.1, 0.15) is 32.6 Å². The van der Waals surface area contributed by atoms with Crippen molar-refractivity contribution in [2.24, 2.45) is 4.99 Å². The molecule has 2 N–H and O–H groups in total. The topological polar surface area (TPSA) is 66.0 Å². The summed E-state index contributed by atoms with van der Waals surface area (Å²) in [7, 11) is 3.48. The first kappa shape index (κ1) is 20.6. The predicted molar refractivity (Wildman–Crippen MR) is 109 cm³/mol. The van der Waals surface area contributed by atoms with Gasteiger partial charge < -0.3 is 20.3 Å². The molecule has 0 aromatic heterocycles. The zero-order valence-corrected chi connectivity index (χ0v) is 17.4. The number of carbonyl (C=O) groups is 1. The summed E-state index contributed by atoms with van der Waals surface area (Å²) in [5, 5.41) is 6.75. The number of hydrogen-bond acceptors (Lipinski definition) is 3. The predicted octanol–water partition coefficient (Wildman–Crippen LogP) is 2.78. The number of para-hydroxylation sites is 1. The number of benzene rings is 1. The van der Waals surface area contributed by atoms with Gasteiger partial charge in [0.1, 0.15) is 18.4 Å². The number of carbonyl (C=O) groups excluding carboxylic acids is 1. The Labute approximate surface area is 164 Å². The van der Waals surface area contributed by atoms with Gasteiger partial charge in [-0.15, -0.1) is 0 Å². The average Bonchev–Trinajstić information content (AvgIpc) is 3.12. The number of amides is 1. The van der Waals surface area contributed by atoms with Crippen LogP contribution < -0.4 is 15.4 Å². The standard InChI is InChI=1S/C19H29BrN4O2/c1-14(26-17-11-7-6-10-16(17)20)12-21-19(22-13-18(25)24(2)3)23-15-8-4-5-9-15/h6-7,10-11,14-15H,4-5,8-9,12-13H2,1-3H3,(H2,21,22,23). The van der Waals surface area contributed by atoms with Crippen molar-refractivity contribution >= 4 is 27.8 Å². The van der Waals surface area contributed by atoms with E-state index >= 15 is 0 Å². The molecule has 144 valence electrons. The van der Waals surface area contributed by atoms with Gasteiger partial charge in [0.25, 0.3) is 0 Å². The van der Waals surface area contributed by atoms with Gasteiger partial charge in [-0.1, -0.05) is 25.0 Å². The normalized spacial score (nSPS) is 16.2. The summed E-state index contributed by atoms with van der Waals surface area (Å²) < 4.78 is 6.89. The van der Waals surface area contributed by atoms with Crippen molar-refractivity contribution in [3.8, 4) is 5.75 Å². The average molecular weight is 425 g/mol. The van der Waals surface area contributed by atoms with E-state index in [2.05, 4.69) is 31.6 Å². The molecule has 1 aromatic rings. The van der Waals surface area contributed by atoms with Crippen LogP contribution in [0.3, 0.4) is 0 Å². The van der Waals surface area contributed by atoms with Crippen molar-refractivity contribution in [3.63, 3.8) is 0 Å². The van der Waals surface area contributed by atoms with Crippen LogP contribution in [0, 0.1) is 0 Å². The molecule has 1 aromatic carbocycles. The second kappa shape index (κ2) is 10.4. The zero-order chi connectivity index (χ0) is 18.9. The lowest BCUT2D eigenvalue weighted by molar-refractivity contribution is -0.127. The van der Waals surface area contributed by atoms with Gasteiger partial charge in [-0.3, -0.25) is 4.79 Å². The minimum Gasteiger partial charge on any atom is -0.488 e. The van der Waals surface area contributed by atoms with E-state index in [0.29, 0.717) is 18.5 Å². The molecule has 7 heteroatoms. The minimum absolute atomic E-state index is 0.0185. The van der Waals surface area contributed by atoms with Crippen molar-refractivity contribution < 1.29 is 9.53 Å². The van der Waals surface area contributed by atoms with Crippen LogP contribution in [0.4, 0.5) is 0 Å². The lowest BCUT2D eigenvalue weighted by Gasteiger charge is -2.21. The molecule has 0 heterocycles. The van der Waals surface area contributed by atoms with Crippen LogP contribution in [0.25, 0.3) is 0 Å². The Balaban J connectivity index is 1.90. The maximum Gasteiger partial charge on any atom is 0.243 e. The third-order valence-electron chi connectivity index (χ3n) is 4.29. The maximum absolute atomic E-state index is 11.8. The zero-order valence-electron chi connectivity index (χ0n) is 15.8. The molecule has 1 aliphatic rings. The van der Waals surface area contributed by atoms with E-state index in [9.17, 15) is 4.79 Å². The van der Waals surface area contributed by atoms with Gasteiger partial charge in [0.05, 0.1) is 11.0 Å². The molecule has 6 nitrogen and oxygen atoms in total. The summed E-state index contributed by atoms with van der Waals surface area (Å²) in [6, 6.07) is 8.22. The van der Waals surface area contributed by atoms with Crippen molar-refractivity contribution in [2.45, 2.75) is 44.8 Å². The van der Waals surface area contributed by atoms with E-state index in [1.807, 2.05) is 31.2 Å². The fraction of sp³-hybridized carbons (Fsp3) is 0.579. The first-order chi connectivity index (χ1) is 12.5. The van der Waals surface area contributed by atoms with Gasteiger partial charge >= 0.3 is 0 Å². The molecular weight excluding hydrogens is 396 g/mol. The van der Waals surface area contributed by atoms with E-state index in [1.54, 1.807) is 19.0 Å². The van der Waals surface area contributed by atoms with Crippen LogP contribution in [-0.4, -0.2) is 56.1 Å². The second-order valence-corrected chi connectivity index (χ2v) is 7.67. The van der Waals surface area contributed by atoms with E-state index in [1.165, 1.54) is 12.8 Å². The van der Waals surface area contributed by atoms with Crippen molar-refractivity contribution in [3.05, 3.63) is 28.7 Å². The molecule has 2 rings (SSSR count). The van der Waals surface area contributed by atoms with Gasteiger partial charge in [0.2, 0.25) is 5.91 Å². The van der Waals surface area contributed by atoms with Crippen molar-refractivity contribution in [2.75, 3.05) is 27.2 Å². The van der Waals surface area contributed by atoms with E-state index < -0.39 is 0 Å². The molecule has 0 saturated heterocycles. The van der Waals surface area contributed by atoms with Crippen LogP contribution in [0.15, 0.2) is 33.7 Å². The van der Waals surface area contributed by atoms with E-state index in [0.717, 1.165) is 23.1 Å². The Morgan fingerprint density at radius 3 is 2.69 bits per heavy atom. The molecule has 1 fully saturated rings. The molecule has 1 aliphatic carbocycles. The quantitative estimate of drug-likeness (QED) is 0.521. The number of likely N-dealkylation sites (N-methyl/N-ethyl adjacent to an activating group) is 1. The molecule has 0 radical (unpaired) electrons. The van der Waals surface area contributed by atoms with Gasteiger partial charge in [0, 0.05) is 20.1 Å². The number of halogens is 1. The molecule has 0 aliphatic heterocycles. The SMILES string of the molecule is CC(CNC(=NCC(=O)N(C)C)NC1CCCC1)Oc1ccccc1Br. The molecule has 1 unspecified atom stereocenters. The lowest BCUT2D eigenvalue weighted by Crippen LogP contribution is -2.46. The molecule has 0 spiro atoms. The van der Waals surface area contributed by atoms with Gasteiger partial charge in [-0.2, -0.15) is 0 Å². The van der Waals surface area contributed by atoms with E-state index in [-0.39, 0.29) is 18.6 Å². The number of aliphatic imine (C=N–C) groups is 1. The highest BCUT2D eigenvalue weighted by Crippen LogP contribution is 2.24. The Kier molecular flexibility index (Phi) is 8.22. The number of nitrogens with one attached hydrogen (secondary N) is 2. The summed E-state index contributed by atoms with van der Waals surface area (Å²) in [6.45, 7) is 2.73. The monoisotopic (exact) mass is 424 g/mol. The van der Waals surface area contributed by atoms with Gasteiger partial charge in [-0.05, 0) is 47.8 Å². The minimum atomic E-state index is -0.0474. The van der Waals surface area contributed by atoms with Gasteiger partial charge in [0.15, 0.2) is 5.96 Å². The fourth-order valence-electron chi connectivity index (χ4n) is 2.74. The maximum atomic E-state index is 11.8. The van der Waals surface area contributed by atoms with Crippen LogP contribution in [0.2, 0.25) is 0 Å². The largest absolute Gasteiger partial charge is 0.488 e. The van der Waals surface area contributed by atoms with Crippen LogP contribution >= 0.6 is 15.9 Å². The highest BCUT2D eigenvalue weighted by atomic mass is 79.9. The number of guanidine groups is 1. The van der Waals surface area contributed by atoms with Crippen molar-refractivity contribution in [1.29, 1.82) is 0 Å². The molecule has 1 amide bonds. The molecule has 26 heavy (non-hydrogen) atoms. The van der Waals surface area contributed by atoms with Crippen molar-refractivity contribution in [1.82, 2.24) is 15.5 Å². The number of ether oxygens (including phenoxy) is 1. The lowest BCUT2D eigenvalue weighted by atomic mass is 10.2. The number of nitrogens with zero attached hydrogens (tertiary/aromatic N) is 2. The summed E-state index contributed by atoms with van der Waals surface area (Å²) in [5.74, 6) is 1.47. The molecular formula is C19H29BrN4O2. The number of rotatable bonds is 7. The summed E-state index contributed by atoms with van der Waals surface area (Å²) in [6.07, 6.45) is 4.72.